The van der Waals surface area contributed by atoms with Gasteiger partial charge >= 0.3 is 12.2 Å². The summed E-state index contributed by atoms with van der Waals surface area (Å²) in [7, 11) is 0. The molecule has 0 spiro atoms. The number of imide groups is 1. The van der Waals surface area contributed by atoms with Crippen molar-refractivity contribution in [1.29, 1.82) is 5.26 Å². The van der Waals surface area contributed by atoms with Crippen LogP contribution >= 0.6 is 0 Å². The number of urea groups is 1. The first kappa shape index (κ1) is 21.7. The summed E-state index contributed by atoms with van der Waals surface area (Å²) >= 11 is 0. The van der Waals surface area contributed by atoms with Crippen LogP contribution in [-0.4, -0.2) is 22.4 Å². The third-order valence-electron chi connectivity index (χ3n) is 4.95. The van der Waals surface area contributed by atoms with Gasteiger partial charge in [-0.2, -0.15) is 18.4 Å². The van der Waals surface area contributed by atoms with Gasteiger partial charge in [-0.05, 0) is 43.1 Å². The van der Waals surface area contributed by atoms with Crippen molar-refractivity contribution < 1.29 is 22.8 Å². The second kappa shape index (κ2) is 7.66. The maximum Gasteiger partial charge on any atom is 0.417 e. The quantitative estimate of drug-likeness (QED) is 0.286. The summed E-state index contributed by atoms with van der Waals surface area (Å²) in [4.78, 5) is 30.6. The lowest BCUT2D eigenvalue weighted by Crippen LogP contribution is -2.43. The van der Waals surface area contributed by atoms with E-state index in [9.17, 15) is 22.8 Å². The molecular formula is C20H15F3N6O2. The largest absolute Gasteiger partial charge is 0.417 e. The fraction of sp³-hybridized carbons (Fsp3) is 0.250. The summed E-state index contributed by atoms with van der Waals surface area (Å²) in [5, 5.41) is 12.4. The minimum absolute atomic E-state index is 0.00697. The fourth-order valence-electron chi connectivity index (χ4n) is 3.23. The van der Waals surface area contributed by atoms with E-state index in [1.165, 1.54) is 24.8 Å². The van der Waals surface area contributed by atoms with E-state index in [2.05, 4.69) is 10.0 Å². The molecule has 1 heterocycles. The molecule has 1 fully saturated rings. The smallest absolute Gasteiger partial charge is 0.305 e. The number of anilines is 1. The van der Waals surface area contributed by atoms with Crippen LogP contribution in [-0.2, 0) is 17.5 Å². The fourth-order valence-corrected chi connectivity index (χ4v) is 3.23. The molecular weight excluding hydrogens is 413 g/mol. The molecule has 31 heavy (non-hydrogen) atoms. The number of nitriles is 1. The normalized spacial score (nSPS) is 15.6. The van der Waals surface area contributed by atoms with Crippen LogP contribution in [0.2, 0.25) is 0 Å². The number of carbonyl (C=O) groups is 2. The molecule has 0 aliphatic carbocycles. The molecule has 0 bridgehead atoms. The van der Waals surface area contributed by atoms with Gasteiger partial charge in [-0.3, -0.25) is 4.79 Å². The van der Waals surface area contributed by atoms with Crippen molar-refractivity contribution in [2.75, 3.05) is 4.90 Å². The van der Waals surface area contributed by atoms with E-state index in [-0.39, 0.29) is 12.2 Å². The molecule has 1 saturated heterocycles. The Labute approximate surface area is 174 Å². The molecule has 2 aromatic carbocycles. The van der Waals surface area contributed by atoms with E-state index < -0.39 is 34.8 Å². The maximum absolute atomic E-state index is 13.3. The Bertz CT molecular complexity index is 1140. The molecule has 0 unspecified atom stereocenters. The van der Waals surface area contributed by atoms with E-state index in [1.54, 1.807) is 24.3 Å². The van der Waals surface area contributed by atoms with Crippen LogP contribution in [0.15, 0.2) is 47.6 Å². The van der Waals surface area contributed by atoms with Crippen molar-refractivity contribution in [2.24, 2.45) is 5.11 Å². The van der Waals surface area contributed by atoms with Crippen molar-refractivity contribution in [3.63, 3.8) is 0 Å². The van der Waals surface area contributed by atoms with E-state index >= 15 is 0 Å². The van der Waals surface area contributed by atoms with Crippen molar-refractivity contribution >= 4 is 23.3 Å². The Morgan fingerprint density at radius 1 is 1.16 bits per heavy atom. The van der Waals surface area contributed by atoms with Gasteiger partial charge in [-0.15, -0.1) is 0 Å². The van der Waals surface area contributed by atoms with Gasteiger partial charge < -0.3 is 4.90 Å². The average molecular weight is 428 g/mol. The van der Waals surface area contributed by atoms with Gasteiger partial charge in [-0.25, -0.2) is 9.69 Å². The predicted octanol–water partition coefficient (Wildman–Crippen LogP) is 5.27. The second-order valence-corrected chi connectivity index (χ2v) is 7.26. The number of azide groups is 1. The predicted molar refractivity (Wildman–Crippen MR) is 104 cm³/mol. The van der Waals surface area contributed by atoms with Crippen LogP contribution in [0.3, 0.4) is 0 Å². The third-order valence-corrected chi connectivity index (χ3v) is 4.95. The molecule has 0 N–H and O–H groups in total. The van der Waals surface area contributed by atoms with Crippen molar-refractivity contribution in [1.82, 2.24) is 4.90 Å². The highest BCUT2D eigenvalue weighted by Gasteiger charge is 2.52. The number of rotatable bonds is 4. The first-order valence-corrected chi connectivity index (χ1v) is 8.92. The maximum atomic E-state index is 13.3. The van der Waals surface area contributed by atoms with Gasteiger partial charge in [0.15, 0.2) is 0 Å². The first-order valence-electron chi connectivity index (χ1n) is 8.92. The molecule has 3 amide bonds. The number of nitrogens with zero attached hydrogens (tertiary/aromatic N) is 6. The molecule has 0 radical (unpaired) electrons. The molecule has 158 valence electrons. The Kier molecular flexibility index (Phi) is 5.36. The van der Waals surface area contributed by atoms with Crippen LogP contribution in [0.4, 0.5) is 29.3 Å². The number of hydrogen-bond donors (Lipinski definition) is 0. The summed E-state index contributed by atoms with van der Waals surface area (Å²) in [6.07, 6.45) is -4.82. The van der Waals surface area contributed by atoms with Crippen LogP contribution in [0.5, 0.6) is 0 Å². The van der Waals surface area contributed by atoms with E-state index in [1.807, 2.05) is 0 Å². The number of amides is 3. The number of benzene rings is 2. The van der Waals surface area contributed by atoms with E-state index in [0.29, 0.717) is 22.2 Å². The topological polar surface area (TPSA) is 113 Å². The van der Waals surface area contributed by atoms with Gasteiger partial charge in [0.25, 0.3) is 5.91 Å². The monoisotopic (exact) mass is 428 g/mol. The zero-order chi connectivity index (χ0) is 23.0. The summed E-state index contributed by atoms with van der Waals surface area (Å²) in [6.45, 7) is 3.00. The number of halogens is 3. The van der Waals surface area contributed by atoms with Gasteiger partial charge in [-0.1, -0.05) is 29.4 Å². The Morgan fingerprint density at radius 3 is 2.35 bits per heavy atom. The SMILES string of the molecule is CC1(C)C(=O)N(c2ccc(C#N)c(C(F)(F)F)c2)C(=O)N1Cc1ccc(N=[N+]=[N-])cc1. The molecule has 1 aliphatic rings. The lowest BCUT2D eigenvalue weighted by Gasteiger charge is -2.27. The molecule has 1 aliphatic heterocycles. The molecule has 8 nitrogen and oxygen atoms in total. The zero-order valence-corrected chi connectivity index (χ0v) is 16.4. The molecule has 0 aromatic heterocycles. The molecule has 11 heteroatoms. The Hall–Kier alpha value is -4.03. The molecule has 0 atom stereocenters. The lowest BCUT2D eigenvalue weighted by atomic mass is 10.0. The Balaban J connectivity index is 1.98. The molecule has 2 aromatic rings. The molecule has 0 saturated carbocycles. The van der Waals surface area contributed by atoms with Crippen molar-refractivity contribution in [2.45, 2.75) is 32.1 Å². The summed E-state index contributed by atoms with van der Waals surface area (Å²) < 4.78 is 40.0. The van der Waals surface area contributed by atoms with Crippen LogP contribution in [0.25, 0.3) is 10.4 Å². The highest BCUT2D eigenvalue weighted by molar-refractivity contribution is 6.23. The second-order valence-electron chi connectivity index (χ2n) is 7.26. The van der Waals surface area contributed by atoms with E-state index in [0.717, 1.165) is 12.1 Å². The van der Waals surface area contributed by atoms with Crippen LogP contribution < -0.4 is 4.90 Å². The third kappa shape index (κ3) is 3.89. The standard InChI is InChI=1S/C20H15F3N6O2/c1-19(2)17(30)29(15-8-5-13(10-24)16(9-15)20(21,22)23)18(31)28(19)11-12-3-6-14(7-4-12)26-27-25/h3-9H,11H2,1-2H3. The minimum atomic E-state index is -4.82. The van der Waals surface area contributed by atoms with Gasteiger partial charge in [0, 0.05) is 17.1 Å². The summed E-state index contributed by atoms with van der Waals surface area (Å²) in [6, 6.07) is 9.69. The first-order chi connectivity index (χ1) is 14.5. The highest BCUT2D eigenvalue weighted by Crippen LogP contribution is 2.38. The highest BCUT2D eigenvalue weighted by atomic mass is 19.4. The lowest BCUT2D eigenvalue weighted by molar-refractivity contribution is -0.137. The van der Waals surface area contributed by atoms with Crippen LogP contribution in [0.1, 0.15) is 30.5 Å². The van der Waals surface area contributed by atoms with Gasteiger partial charge in [0.2, 0.25) is 0 Å². The van der Waals surface area contributed by atoms with E-state index in [4.69, 9.17) is 10.8 Å². The van der Waals surface area contributed by atoms with Gasteiger partial charge in [0.05, 0.1) is 22.9 Å². The number of carbonyl (C=O) groups excluding carboxylic acids is 2. The van der Waals surface area contributed by atoms with Gasteiger partial charge in [0.1, 0.15) is 5.54 Å². The van der Waals surface area contributed by atoms with Crippen molar-refractivity contribution in [3.8, 4) is 6.07 Å². The summed E-state index contributed by atoms with van der Waals surface area (Å²) in [5.74, 6) is -0.693. The average Bonchev–Trinajstić information content (AvgIpc) is 2.88. The number of hydrogen-bond acceptors (Lipinski definition) is 4. The summed E-state index contributed by atoms with van der Waals surface area (Å²) in [5.41, 5.74) is 6.04. The molecule has 3 rings (SSSR count). The Morgan fingerprint density at radius 2 is 1.81 bits per heavy atom. The minimum Gasteiger partial charge on any atom is -0.305 e. The van der Waals surface area contributed by atoms with Crippen molar-refractivity contribution in [3.05, 3.63) is 69.6 Å². The number of alkyl halides is 3. The van der Waals surface area contributed by atoms with Crippen LogP contribution in [0, 0.1) is 11.3 Å². The zero-order valence-electron chi connectivity index (χ0n) is 16.4.